The maximum absolute atomic E-state index is 13.9. The lowest BCUT2D eigenvalue weighted by Gasteiger charge is -2.43. The van der Waals surface area contributed by atoms with E-state index in [0.717, 1.165) is 56.8 Å². The van der Waals surface area contributed by atoms with Gasteiger partial charge in [-0.3, -0.25) is 19.4 Å². The van der Waals surface area contributed by atoms with Gasteiger partial charge in [0.1, 0.15) is 29.5 Å². The highest BCUT2D eigenvalue weighted by atomic mass is 19.1. The number of carbonyl (C=O) groups is 1. The quantitative estimate of drug-likeness (QED) is 0.267. The van der Waals surface area contributed by atoms with Crippen molar-refractivity contribution < 1.29 is 23.1 Å². The SMILES string of the molecule is C=CC(=O)Nc1cc(Nc2cc(N3OCC[C@@H]3Cc3cc(F)cc(F)c3)ncn2)c(OC)cc1N1CCC(N2CCN(C3CC3)CC2)CC1. The number of aromatic nitrogens is 2. The Morgan fingerprint density at radius 3 is 2.27 bits per heavy atom. The van der Waals surface area contributed by atoms with E-state index in [2.05, 4.69) is 41.9 Å². The van der Waals surface area contributed by atoms with E-state index in [1.165, 1.54) is 50.5 Å². The van der Waals surface area contributed by atoms with E-state index in [4.69, 9.17) is 9.57 Å². The van der Waals surface area contributed by atoms with Gasteiger partial charge < -0.3 is 20.3 Å². The van der Waals surface area contributed by atoms with Crippen LogP contribution in [0.1, 0.15) is 37.7 Å². The molecule has 49 heavy (non-hydrogen) atoms. The number of amides is 1. The molecule has 13 heteroatoms. The van der Waals surface area contributed by atoms with Gasteiger partial charge in [0.15, 0.2) is 5.82 Å². The Kier molecular flexibility index (Phi) is 9.92. The van der Waals surface area contributed by atoms with Crippen molar-refractivity contribution in [3.05, 3.63) is 72.6 Å². The summed E-state index contributed by atoms with van der Waals surface area (Å²) in [7, 11) is 1.61. The van der Waals surface area contributed by atoms with Crippen molar-refractivity contribution in [1.29, 1.82) is 0 Å². The molecule has 1 atom stereocenters. The Morgan fingerprint density at radius 2 is 1.61 bits per heavy atom. The highest BCUT2D eigenvalue weighted by Crippen LogP contribution is 2.40. The number of piperazine rings is 1. The third-order valence-corrected chi connectivity index (χ3v) is 10.0. The first-order valence-corrected chi connectivity index (χ1v) is 17.2. The Labute approximate surface area is 285 Å². The van der Waals surface area contributed by atoms with Crippen LogP contribution >= 0.6 is 0 Å². The van der Waals surface area contributed by atoms with Crippen LogP contribution in [0.2, 0.25) is 0 Å². The molecule has 3 saturated heterocycles. The molecule has 0 unspecified atom stereocenters. The first-order valence-electron chi connectivity index (χ1n) is 17.2. The molecule has 260 valence electrons. The number of anilines is 5. The van der Waals surface area contributed by atoms with Gasteiger partial charge in [-0.05, 0) is 68.4 Å². The van der Waals surface area contributed by atoms with E-state index < -0.39 is 11.6 Å². The zero-order valence-corrected chi connectivity index (χ0v) is 27.9. The van der Waals surface area contributed by atoms with E-state index in [-0.39, 0.29) is 11.9 Å². The molecule has 2 aromatic carbocycles. The van der Waals surface area contributed by atoms with Gasteiger partial charge in [-0.1, -0.05) is 6.58 Å². The van der Waals surface area contributed by atoms with E-state index in [0.29, 0.717) is 59.8 Å². The first kappa shape index (κ1) is 33.2. The standard InChI is InChI=1S/C36H44F2N8O3/c1-3-36(47)42-30-20-31(33(48-2)21-32(30)45-9-6-28(7-10-45)44-13-11-43(12-14-44)27-4-5-27)41-34-22-35(40-23-39-34)46-29(8-15-49-46)18-24-16-25(37)19-26(38)17-24/h3,16-17,19-23,27-29H,1,4-15,18H2,2H3,(H,42,47)(H,39,40,41)/t29-/m1/s1. The normalized spacial score (nSPS) is 20.8. The molecule has 0 spiro atoms. The number of hydrogen-bond acceptors (Lipinski definition) is 10. The van der Waals surface area contributed by atoms with Crippen molar-refractivity contribution >= 4 is 34.6 Å². The summed E-state index contributed by atoms with van der Waals surface area (Å²) < 4.78 is 33.6. The minimum absolute atomic E-state index is 0.171. The van der Waals surface area contributed by atoms with Crippen LogP contribution in [-0.4, -0.2) is 96.8 Å². The lowest BCUT2D eigenvalue weighted by atomic mass is 10.0. The summed E-state index contributed by atoms with van der Waals surface area (Å²) in [6.07, 6.45) is 8.57. The molecule has 4 aliphatic rings. The zero-order valence-electron chi connectivity index (χ0n) is 27.9. The van der Waals surface area contributed by atoms with Crippen LogP contribution in [0.4, 0.5) is 37.5 Å². The van der Waals surface area contributed by atoms with Crippen molar-refractivity contribution in [2.24, 2.45) is 0 Å². The molecule has 1 saturated carbocycles. The molecule has 3 aliphatic heterocycles. The van der Waals surface area contributed by atoms with Crippen LogP contribution in [0, 0.1) is 11.6 Å². The highest BCUT2D eigenvalue weighted by molar-refractivity contribution is 6.02. The largest absolute Gasteiger partial charge is 0.494 e. The highest BCUT2D eigenvalue weighted by Gasteiger charge is 2.34. The van der Waals surface area contributed by atoms with E-state index in [1.807, 2.05) is 12.1 Å². The lowest BCUT2D eigenvalue weighted by molar-refractivity contribution is -0.111. The Hall–Kier alpha value is -4.33. The molecule has 0 radical (unpaired) electrons. The minimum Gasteiger partial charge on any atom is -0.494 e. The number of methoxy groups -OCH3 is 1. The van der Waals surface area contributed by atoms with Gasteiger partial charge in [0, 0.05) is 69.6 Å². The number of benzene rings is 2. The third kappa shape index (κ3) is 7.79. The predicted molar refractivity (Wildman–Crippen MR) is 185 cm³/mol. The van der Waals surface area contributed by atoms with Gasteiger partial charge in [0.25, 0.3) is 0 Å². The van der Waals surface area contributed by atoms with Crippen molar-refractivity contribution in [2.45, 2.75) is 56.7 Å². The molecule has 1 amide bonds. The number of halogens is 2. The average molecular weight is 675 g/mol. The van der Waals surface area contributed by atoms with Crippen molar-refractivity contribution in [2.75, 3.05) is 73.6 Å². The predicted octanol–water partition coefficient (Wildman–Crippen LogP) is 5.13. The van der Waals surface area contributed by atoms with E-state index >= 15 is 0 Å². The molecule has 3 aromatic rings. The summed E-state index contributed by atoms with van der Waals surface area (Å²) in [4.78, 5) is 34.9. The first-order chi connectivity index (χ1) is 23.9. The summed E-state index contributed by atoms with van der Waals surface area (Å²) in [5.41, 5.74) is 2.68. The summed E-state index contributed by atoms with van der Waals surface area (Å²) in [5, 5.41) is 8.00. The average Bonchev–Trinajstić information content (AvgIpc) is 3.86. The second kappa shape index (κ2) is 14.7. The van der Waals surface area contributed by atoms with Crippen molar-refractivity contribution in [3.8, 4) is 5.75 Å². The van der Waals surface area contributed by atoms with Gasteiger partial charge in [-0.15, -0.1) is 0 Å². The number of piperidine rings is 1. The fourth-order valence-corrected chi connectivity index (χ4v) is 7.38. The zero-order chi connectivity index (χ0) is 33.9. The van der Waals surface area contributed by atoms with Gasteiger partial charge in [0.2, 0.25) is 5.91 Å². The van der Waals surface area contributed by atoms with Crippen LogP contribution in [-0.2, 0) is 16.1 Å². The van der Waals surface area contributed by atoms with E-state index in [9.17, 15) is 13.6 Å². The van der Waals surface area contributed by atoms with Gasteiger partial charge in [-0.2, -0.15) is 0 Å². The van der Waals surface area contributed by atoms with Crippen LogP contribution in [0.3, 0.4) is 0 Å². The molecule has 7 rings (SSSR count). The number of ether oxygens (including phenoxy) is 1. The third-order valence-electron chi connectivity index (χ3n) is 10.0. The van der Waals surface area contributed by atoms with Gasteiger partial charge in [-0.25, -0.2) is 23.8 Å². The summed E-state index contributed by atoms with van der Waals surface area (Å²) in [6, 6.07) is 10.3. The van der Waals surface area contributed by atoms with Crippen LogP contribution in [0.25, 0.3) is 0 Å². The number of carbonyl (C=O) groups excluding carboxylic acids is 1. The molecule has 4 fully saturated rings. The van der Waals surface area contributed by atoms with Gasteiger partial charge in [0.05, 0.1) is 36.8 Å². The minimum atomic E-state index is -0.611. The Bertz CT molecular complexity index is 1640. The Morgan fingerprint density at radius 1 is 0.918 bits per heavy atom. The monoisotopic (exact) mass is 674 g/mol. The van der Waals surface area contributed by atoms with Gasteiger partial charge >= 0.3 is 0 Å². The number of nitrogens with zero attached hydrogens (tertiary/aromatic N) is 6. The molecule has 4 heterocycles. The van der Waals surface area contributed by atoms with Crippen LogP contribution < -0.4 is 25.3 Å². The molecule has 1 aromatic heterocycles. The second-order valence-electron chi connectivity index (χ2n) is 13.3. The summed E-state index contributed by atoms with van der Waals surface area (Å²) in [5.74, 6) is 0.0450. The maximum Gasteiger partial charge on any atom is 0.247 e. The lowest BCUT2D eigenvalue weighted by Crippen LogP contribution is -2.53. The molecular weight excluding hydrogens is 630 g/mol. The number of nitrogens with one attached hydrogen (secondary N) is 2. The summed E-state index contributed by atoms with van der Waals surface area (Å²) in [6.45, 7) is 10.5. The number of rotatable bonds is 11. The smallest absolute Gasteiger partial charge is 0.247 e. The maximum atomic E-state index is 13.9. The molecule has 2 N–H and O–H groups in total. The molecule has 0 bridgehead atoms. The Balaban J connectivity index is 1.06. The molecule has 11 nitrogen and oxygen atoms in total. The second-order valence-corrected chi connectivity index (χ2v) is 13.3. The van der Waals surface area contributed by atoms with Crippen molar-refractivity contribution in [1.82, 2.24) is 19.8 Å². The van der Waals surface area contributed by atoms with Crippen molar-refractivity contribution in [3.63, 3.8) is 0 Å². The number of hydrogen-bond donors (Lipinski definition) is 2. The topological polar surface area (TPSA) is 98.3 Å². The van der Waals surface area contributed by atoms with E-state index in [1.54, 1.807) is 18.2 Å². The fraction of sp³-hybridized carbons (Fsp3) is 0.472. The molecule has 1 aliphatic carbocycles. The molecular formula is C36H44F2N8O3. The van der Waals surface area contributed by atoms with Crippen LogP contribution in [0.15, 0.2) is 55.4 Å². The van der Waals surface area contributed by atoms with Crippen LogP contribution in [0.5, 0.6) is 5.75 Å². The summed E-state index contributed by atoms with van der Waals surface area (Å²) >= 11 is 0. The number of hydroxylamine groups is 1. The fourth-order valence-electron chi connectivity index (χ4n) is 7.38.